The van der Waals surface area contributed by atoms with Gasteiger partial charge in [0.15, 0.2) is 0 Å². The number of aromatic nitrogens is 1. The molecule has 1 heterocycles. The van der Waals surface area contributed by atoms with Crippen molar-refractivity contribution in [2.45, 2.75) is 26.8 Å². The zero-order chi connectivity index (χ0) is 13.8. The molecule has 0 aliphatic rings. The van der Waals surface area contributed by atoms with E-state index in [9.17, 15) is 4.79 Å². The Labute approximate surface area is 113 Å². The van der Waals surface area contributed by atoms with Gasteiger partial charge in [-0.2, -0.15) is 0 Å². The van der Waals surface area contributed by atoms with E-state index in [0.29, 0.717) is 5.56 Å². The number of hydrogen-bond acceptors (Lipinski definition) is 2. The standard InChI is InChI=1S/C16H18N2O/c1-11-6-7-14(9-12(11)2)13(3)18-16(19)15-5-4-8-17-10-15/h4-10,13H,1-3H3,(H,18,19)/t13-/m0/s1. The van der Waals surface area contributed by atoms with E-state index in [1.165, 1.54) is 11.1 Å². The molecule has 0 aliphatic carbocycles. The minimum absolute atomic E-state index is 0.0213. The van der Waals surface area contributed by atoms with Gasteiger partial charge < -0.3 is 5.32 Å². The van der Waals surface area contributed by atoms with Gasteiger partial charge in [0.25, 0.3) is 5.91 Å². The minimum atomic E-state index is -0.0983. The van der Waals surface area contributed by atoms with Gasteiger partial charge in [0.05, 0.1) is 11.6 Å². The lowest BCUT2D eigenvalue weighted by atomic mass is 10.0. The van der Waals surface area contributed by atoms with Gasteiger partial charge in [-0.3, -0.25) is 9.78 Å². The fourth-order valence-corrected chi connectivity index (χ4v) is 1.89. The molecular formula is C16H18N2O. The number of aryl methyl sites for hydroxylation is 2. The molecule has 1 aromatic carbocycles. The minimum Gasteiger partial charge on any atom is -0.345 e. The number of hydrogen-bond donors (Lipinski definition) is 1. The number of nitrogens with zero attached hydrogens (tertiary/aromatic N) is 1. The maximum absolute atomic E-state index is 12.0. The Balaban J connectivity index is 2.10. The predicted molar refractivity (Wildman–Crippen MR) is 76.0 cm³/mol. The number of benzene rings is 1. The Kier molecular flexibility index (Phi) is 3.95. The van der Waals surface area contributed by atoms with E-state index in [1.54, 1.807) is 24.5 Å². The third-order valence-electron chi connectivity index (χ3n) is 3.30. The average Bonchev–Trinajstić information content (AvgIpc) is 2.42. The van der Waals surface area contributed by atoms with Crippen molar-refractivity contribution in [1.29, 1.82) is 0 Å². The molecule has 1 N–H and O–H groups in total. The van der Waals surface area contributed by atoms with Crippen LogP contribution in [-0.4, -0.2) is 10.9 Å². The van der Waals surface area contributed by atoms with Crippen LogP contribution in [0.5, 0.6) is 0 Å². The number of rotatable bonds is 3. The monoisotopic (exact) mass is 254 g/mol. The van der Waals surface area contributed by atoms with E-state index < -0.39 is 0 Å². The van der Waals surface area contributed by atoms with Gasteiger partial charge in [0.2, 0.25) is 0 Å². The molecule has 0 bridgehead atoms. The number of carbonyl (C=O) groups is 1. The van der Waals surface area contributed by atoms with Crippen LogP contribution in [0.4, 0.5) is 0 Å². The molecule has 3 heteroatoms. The highest BCUT2D eigenvalue weighted by molar-refractivity contribution is 5.94. The van der Waals surface area contributed by atoms with Crippen molar-refractivity contribution in [3.63, 3.8) is 0 Å². The number of pyridine rings is 1. The molecular weight excluding hydrogens is 236 g/mol. The lowest BCUT2D eigenvalue weighted by molar-refractivity contribution is 0.0939. The zero-order valence-electron chi connectivity index (χ0n) is 11.5. The van der Waals surface area contributed by atoms with Gasteiger partial charge >= 0.3 is 0 Å². The Morgan fingerprint density at radius 2 is 2.00 bits per heavy atom. The molecule has 3 nitrogen and oxygen atoms in total. The second-order valence-corrected chi connectivity index (χ2v) is 4.78. The summed E-state index contributed by atoms with van der Waals surface area (Å²) in [7, 11) is 0. The van der Waals surface area contributed by atoms with E-state index in [1.807, 2.05) is 6.92 Å². The predicted octanol–water partition coefficient (Wildman–Crippen LogP) is 3.19. The highest BCUT2D eigenvalue weighted by atomic mass is 16.1. The highest BCUT2D eigenvalue weighted by Crippen LogP contribution is 2.17. The van der Waals surface area contributed by atoms with Crippen LogP contribution in [0.3, 0.4) is 0 Å². The van der Waals surface area contributed by atoms with Crippen LogP contribution in [0.2, 0.25) is 0 Å². The summed E-state index contributed by atoms with van der Waals surface area (Å²) in [5, 5.41) is 2.98. The van der Waals surface area contributed by atoms with E-state index in [-0.39, 0.29) is 11.9 Å². The maximum Gasteiger partial charge on any atom is 0.253 e. The van der Waals surface area contributed by atoms with Crippen LogP contribution < -0.4 is 5.32 Å². The normalized spacial score (nSPS) is 11.9. The van der Waals surface area contributed by atoms with Crippen LogP contribution >= 0.6 is 0 Å². The second-order valence-electron chi connectivity index (χ2n) is 4.78. The van der Waals surface area contributed by atoms with Crippen LogP contribution in [0.25, 0.3) is 0 Å². The lowest BCUT2D eigenvalue weighted by Gasteiger charge is -2.15. The Morgan fingerprint density at radius 1 is 1.21 bits per heavy atom. The van der Waals surface area contributed by atoms with E-state index in [0.717, 1.165) is 5.56 Å². The molecule has 0 unspecified atom stereocenters. The molecule has 19 heavy (non-hydrogen) atoms. The molecule has 2 aromatic rings. The molecule has 98 valence electrons. The Bertz CT molecular complexity index is 579. The van der Waals surface area contributed by atoms with Crippen LogP contribution in [-0.2, 0) is 0 Å². The van der Waals surface area contributed by atoms with Gasteiger partial charge in [0.1, 0.15) is 0 Å². The Morgan fingerprint density at radius 3 is 2.63 bits per heavy atom. The molecule has 0 saturated heterocycles. The number of amides is 1. The summed E-state index contributed by atoms with van der Waals surface area (Å²) in [6, 6.07) is 9.75. The van der Waals surface area contributed by atoms with Crippen molar-refractivity contribution >= 4 is 5.91 Å². The largest absolute Gasteiger partial charge is 0.345 e. The number of nitrogens with one attached hydrogen (secondary N) is 1. The third kappa shape index (κ3) is 3.19. The third-order valence-corrected chi connectivity index (χ3v) is 3.30. The molecule has 2 rings (SSSR count). The first kappa shape index (κ1) is 13.3. The van der Waals surface area contributed by atoms with Crippen molar-refractivity contribution in [2.75, 3.05) is 0 Å². The topological polar surface area (TPSA) is 42.0 Å². The van der Waals surface area contributed by atoms with Gasteiger partial charge in [-0.15, -0.1) is 0 Å². The van der Waals surface area contributed by atoms with Crippen LogP contribution in [0, 0.1) is 13.8 Å². The summed E-state index contributed by atoms with van der Waals surface area (Å²) in [5.41, 5.74) is 4.19. The summed E-state index contributed by atoms with van der Waals surface area (Å²) in [6.45, 7) is 6.14. The van der Waals surface area contributed by atoms with Crippen molar-refractivity contribution in [1.82, 2.24) is 10.3 Å². The Hall–Kier alpha value is -2.16. The summed E-state index contributed by atoms with van der Waals surface area (Å²) >= 11 is 0. The maximum atomic E-state index is 12.0. The molecule has 1 aromatic heterocycles. The first-order valence-electron chi connectivity index (χ1n) is 6.36. The number of carbonyl (C=O) groups excluding carboxylic acids is 1. The van der Waals surface area contributed by atoms with Crippen molar-refractivity contribution in [3.05, 3.63) is 65.0 Å². The van der Waals surface area contributed by atoms with E-state index in [4.69, 9.17) is 0 Å². The first-order valence-corrected chi connectivity index (χ1v) is 6.36. The van der Waals surface area contributed by atoms with Crippen molar-refractivity contribution in [3.8, 4) is 0 Å². The quantitative estimate of drug-likeness (QED) is 0.914. The van der Waals surface area contributed by atoms with Crippen LogP contribution in [0.1, 0.15) is 40.0 Å². The average molecular weight is 254 g/mol. The second kappa shape index (κ2) is 5.65. The molecule has 0 fully saturated rings. The molecule has 0 saturated carbocycles. The summed E-state index contributed by atoms with van der Waals surface area (Å²) in [5.74, 6) is -0.0983. The van der Waals surface area contributed by atoms with Gasteiger partial charge in [-0.05, 0) is 49.6 Å². The summed E-state index contributed by atoms with van der Waals surface area (Å²) in [6.07, 6.45) is 3.23. The summed E-state index contributed by atoms with van der Waals surface area (Å²) < 4.78 is 0. The van der Waals surface area contributed by atoms with E-state index >= 15 is 0 Å². The molecule has 1 amide bonds. The summed E-state index contributed by atoms with van der Waals surface area (Å²) in [4.78, 5) is 16.0. The molecule has 0 radical (unpaired) electrons. The smallest absolute Gasteiger partial charge is 0.253 e. The van der Waals surface area contributed by atoms with E-state index in [2.05, 4.69) is 42.3 Å². The van der Waals surface area contributed by atoms with Gasteiger partial charge in [0, 0.05) is 12.4 Å². The van der Waals surface area contributed by atoms with Gasteiger partial charge in [-0.25, -0.2) is 0 Å². The fraction of sp³-hybridized carbons (Fsp3) is 0.250. The van der Waals surface area contributed by atoms with Crippen molar-refractivity contribution < 1.29 is 4.79 Å². The fourth-order valence-electron chi connectivity index (χ4n) is 1.89. The van der Waals surface area contributed by atoms with Crippen LogP contribution in [0.15, 0.2) is 42.7 Å². The highest BCUT2D eigenvalue weighted by Gasteiger charge is 2.11. The first-order chi connectivity index (χ1) is 9.08. The SMILES string of the molecule is Cc1ccc([C@H](C)NC(=O)c2cccnc2)cc1C. The lowest BCUT2D eigenvalue weighted by Crippen LogP contribution is -2.26. The van der Waals surface area contributed by atoms with Gasteiger partial charge in [-0.1, -0.05) is 18.2 Å². The molecule has 1 atom stereocenters. The zero-order valence-corrected chi connectivity index (χ0v) is 11.5. The molecule has 0 spiro atoms. The van der Waals surface area contributed by atoms with Crippen molar-refractivity contribution in [2.24, 2.45) is 0 Å². The molecule has 0 aliphatic heterocycles.